The number of rotatable bonds is 7. The quantitative estimate of drug-likeness (QED) is 0.331. The highest BCUT2D eigenvalue weighted by Crippen LogP contribution is 2.27. The molecule has 0 spiro atoms. The minimum Gasteiger partial charge on any atom is -0.486 e. The van der Waals surface area contributed by atoms with Crippen molar-refractivity contribution in [1.29, 1.82) is 0 Å². The van der Waals surface area contributed by atoms with Crippen molar-refractivity contribution in [3.05, 3.63) is 84.2 Å². The van der Waals surface area contributed by atoms with Crippen LogP contribution in [-0.4, -0.2) is 52.9 Å². The number of aromatic nitrogens is 2. The first kappa shape index (κ1) is 25.4. The zero-order valence-electron chi connectivity index (χ0n) is 20.8. The molecular formula is C28H27F3N4O3. The van der Waals surface area contributed by atoms with Crippen molar-refractivity contribution in [1.82, 2.24) is 14.5 Å². The second-order valence-corrected chi connectivity index (χ2v) is 9.07. The normalized spacial score (nSPS) is 14.1. The number of anilines is 1. The Kier molecular flexibility index (Phi) is 7.13. The summed E-state index contributed by atoms with van der Waals surface area (Å²) in [6, 6.07) is 21.3. The third-order valence-corrected chi connectivity index (χ3v) is 6.51. The molecule has 4 aromatic rings. The van der Waals surface area contributed by atoms with E-state index in [0.29, 0.717) is 31.2 Å². The first-order valence-corrected chi connectivity index (χ1v) is 12.3. The van der Waals surface area contributed by atoms with Crippen LogP contribution in [0.2, 0.25) is 0 Å². The van der Waals surface area contributed by atoms with Crippen molar-refractivity contribution in [3.8, 4) is 11.5 Å². The number of ether oxygens (including phenoxy) is 2. The van der Waals surface area contributed by atoms with Gasteiger partial charge < -0.3 is 23.8 Å². The van der Waals surface area contributed by atoms with Crippen molar-refractivity contribution in [2.45, 2.75) is 26.4 Å². The molecule has 0 aliphatic carbocycles. The Labute approximate surface area is 218 Å². The number of carbonyl (C=O) groups excluding carboxylic acids is 1. The third-order valence-electron chi connectivity index (χ3n) is 6.51. The molecule has 1 saturated heterocycles. The van der Waals surface area contributed by atoms with Crippen molar-refractivity contribution in [2.75, 3.05) is 31.1 Å². The molecule has 1 aromatic heterocycles. The van der Waals surface area contributed by atoms with Crippen molar-refractivity contribution >= 4 is 22.6 Å². The Morgan fingerprint density at radius 2 is 1.63 bits per heavy atom. The smallest absolute Gasteiger partial charge is 0.486 e. The molecule has 198 valence electrons. The van der Waals surface area contributed by atoms with Gasteiger partial charge >= 0.3 is 6.36 Å². The standard InChI is InChI=1S/C28H27F3N4O3/c1-20(36)33-13-15-34(16-14-33)22-9-12-25-26(17-22)35(27(32-25)19-37-23-5-3-2-4-6-23)18-21-7-10-24(11-8-21)38-28(29,30)31/h2-12,17H,13-16,18-19H2,1H3. The molecule has 1 aliphatic rings. The largest absolute Gasteiger partial charge is 0.573 e. The Bertz CT molecular complexity index is 1400. The van der Waals surface area contributed by atoms with Crippen molar-refractivity contribution in [3.63, 3.8) is 0 Å². The van der Waals surface area contributed by atoms with Crippen LogP contribution in [0.25, 0.3) is 11.0 Å². The fraction of sp³-hybridized carbons (Fsp3) is 0.286. The summed E-state index contributed by atoms with van der Waals surface area (Å²) in [5.74, 6) is 1.21. The maximum absolute atomic E-state index is 12.6. The van der Waals surface area contributed by atoms with E-state index in [1.807, 2.05) is 51.9 Å². The molecule has 0 bridgehead atoms. The maximum atomic E-state index is 12.6. The van der Waals surface area contributed by atoms with Crippen molar-refractivity contribution < 1.29 is 27.4 Å². The van der Waals surface area contributed by atoms with Gasteiger partial charge in [0, 0.05) is 45.3 Å². The van der Waals surface area contributed by atoms with Gasteiger partial charge in [-0.05, 0) is 48.0 Å². The molecule has 0 unspecified atom stereocenters. The lowest BCUT2D eigenvalue weighted by molar-refractivity contribution is -0.274. The molecule has 0 atom stereocenters. The summed E-state index contributed by atoms with van der Waals surface area (Å²) < 4.78 is 49.7. The van der Waals surface area contributed by atoms with Gasteiger partial charge in [0.15, 0.2) is 0 Å². The first-order chi connectivity index (χ1) is 18.2. The van der Waals surface area contributed by atoms with Crippen molar-refractivity contribution in [2.24, 2.45) is 0 Å². The number of benzene rings is 3. The monoisotopic (exact) mass is 524 g/mol. The van der Waals surface area contributed by atoms with E-state index in [0.717, 1.165) is 35.4 Å². The number of carbonyl (C=O) groups is 1. The third kappa shape index (κ3) is 6.01. The van der Waals surface area contributed by atoms with E-state index >= 15 is 0 Å². The van der Waals surface area contributed by atoms with Crippen LogP contribution in [0.15, 0.2) is 72.8 Å². The second-order valence-electron chi connectivity index (χ2n) is 9.07. The highest BCUT2D eigenvalue weighted by molar-refractivity contribution is 5.81. The lowest BCUT2D eigenvalue weighted by Crippen LogP contribution is -2.48. The molecule has 1 fully saturated rings. The van der Waals surface area contributed by atoms with Crippen LogP contribution in [-0.2, 0) is 17.9 Å². The van der Waals surface area contributed by atoms with Gasteiger partial charge in [-0.2, -0.15) is 0 Å². The molecule has 1 aliphatic heterocycles. The van der Waals surface area contributed by atoms with E-state index in [9.17, 15) is 18.0 Å². The Morgan fingerprint density at radius 3 is 2.29 bits per heavy atom. The zero-order valence-corrected chi connectivity index (χ0v) is 20.8. The number of piperazine rings is 1. The number of hydrogen-bond acceptors (Lipinski definition) is 5. The van der Waals surface area contributed by atoms with E-state index in [4.69, 9.17) is 9.72 Å². The number of nitrogens with zero attached hydrogens (tertiary/aromatic N) is 4. The van der Waals surface area contributed by atoms with Crippen LogP contribution < -0.4 is 14.4 Å². The van der Waals surface area contributed by atoms with Crippen LogP contribution in [0.1, 0.15) is 18.3 Å². The van der Waals surface area contributed by atoms with Gasteiger partial charge in [-0.1, -0.05) is 30.3 Å². The van der Waals surface area contributed by atoms with Crippen LogP contribution in [0.3, 0.4) is 0 Å². The Balaban J connectivity index is 1.44. The van der Waals surface area contributed by atoms with E-state index < -0.39 is 6.36 Å². The predicted molar refractivity (Wildman–Crippen MR) is 137 cm³/mol. The number of para-hydroxylation sites is 1. The maximum Gasteiger partial charge on any atom is 0.573 e. The fourth-order valence-corrected chi connectivity index (χ4v) is 4.57. The number of alkyl halides is 3. The number of imidazole rings is 1. The van der Waals surface area contributed by atoms with Gasteiger partial charge in [0.25, 0.3) is 0 Å². The van der Waals surface area contributed by atoms with Crippen LogP contribution >= 0.6 is 0 Å². The molecule has 5 rings (SSSR count). The molecule has 0 N–H and O–H groups in total. The molecule has 2 heterocycles. The van der Waals surface area contributed by atoms with Gasteiger partial charge in [0.05, 0.1) is 11.0 Å². The molecule has 0 saturated carbocycles. The van der Waals surface area contributed by atoms with Gasteiger partial charge in [0.2, 0.25) is 5.91 Å². The lowest BCUT2D eigenvalue weighted by atomic mass is 10.2. The van der Waals surface area contributed by atoms with E-state index in [1.165, 1.54) is 12.1 Å². The molecule has 38 heavy (non-hydrogen) atoms. The SMILES string of the molecule is CC(=O)N1CCN(c2ccc3nc(COc4ccccc4)n(Cc4ccc(OC(F)(F)F)cc4)c3c2)CC1. The van der Waals surface area contributed by atoms with E-state index in [-0.39, 0.29) is 18.3 Å². The van der Waals surface area contributed by atoms with Gasteiger partial charge in [-0.15, -0.1) is 13.2 Å². The highest BCUT2D eigenvalue weighted by atomic mass is 19.4. The molecule has 7 nitrogen and oxygen atoms in total. The lowest BCUT2D eigenvalue weighted by Gasteiger charge is -2.35. The van der Waals surface area contributed by atoms with E-state index in [2.05, 4.69) is 15.7 Å². The zero-order chi connectivity index (χ0) is 26.7. The van der Waals surface area contributed by atoms with Gasteiger partial charge in [0.1, 0.15) is 23.9 Å². The second kappa shape index (κ2) is 10.6. The first-order valence-electron chi connectivity index (χ1n) is 12.3. The van der Waals surface area contributed by atoms with Gasteiger partial charge in [-0.3, -0.25) is 4.79 Å². The fourth-order valence-electron chi connectivity index (χ4n) is 4.57. The summed E-state index contributed by atoms with van der Waals surface area (Å²) in [6.07, 6.45) is -4.74. The predicted octanol–water partition coefficient (Wildman–Crippen LogP) is 5.23. The summed E-state index contributed by atoms with van der Waals surface area (Å²) in [4.78, 5) is 20.6. The number of fused-ring (bicyclic) bond motifs is 1. The topological polar surface area (TPSA) is 59.8 Å². The van der Waals surface area contributed by atoms with E-state index in [1.54, 1.807) is 19.1 Å². The molecule has 3 aromatic carbocycles. The average Bonchev–Trinajstić information content (AvgIpc) is 3.24. The summed E-state index contributed by atoms with van der Waals surface area (Å²) in [5.41, 5.74) is 3.49. The minimum absolute atomic E-state index is 0.0767. The summed E-state index contributed by atoms with van der Waals surface area (Å²) in [6.45, 7) is 4.97. The molecule has 10 heteroatoms. The van der Waals surface area contributed by atoms with Crippen LogP contribution in [0.5, 0.6) is 11.5 Å². The highest BCUT2D eigenvalue weighted by Gasteiger charge is 2.31. The minimum atomic E-state index is -4.74. The summed E-state index contributed by atoms with van der Waals surface area (Å²) in [7, 11) is 0. The average molecular weight is 525 g/mol. The van der Waals surface area contributed by atoms with Crippen LogP contribution in [0, 0.1) is 0 Å². The Hall–Kier alpha value is -4.21. The van der Waals surface area contributed by atoms with Gasteiger partial charge in [-0.25, -0.2) is 4.98 Å². The summed E-state index contributed by atoms with van der Waals surface area (Å²) >= 11 is 0. The number of hydrogen-bond donors (Lipinski definition) is 0. The number of halogens is 3. The number of amides is 1. The molecule has 0 radical (unpaired) electrons. The van der Waals surface area contributed by atoms with Crippen LogP contribution in [0.4, 0.5) is 18.9 Å². The Morgan fingerprint density at radius 1 is 0.921 bits per heavy atom. The molecular weight excluding hydrogens is 497 g/mol. The summed E-state index contributed by atoms with van der Waals surface area (Å²) in [5, 5.41) is 0. The molecule has 1 amide bonds.